The van der Waals surface area contributed by atoms with Crippen LogP contribution in [0.25, 0.3) is 22.3 Å². The molecule has 0 saturated carbocycles. The number of rotatable bonds is 4. The average molecular weight is 362 g/mol. The van der Waals surface area contributed by atoms with Gasteiger partial charge in [0.05, 0.1) is 30.3 Å². The Kier molecular flexibility index (Phi) is 4.08. The van der Waals surface area contributed by atoms with E-state index in [9.17, 15) is 4.79 Å². The highest BCUT2D eigenvalue weighted by atomic mass is 16.5. The van der Waals surface area contributed by atoms with Crippen molar-refractivity contribution in [1.29, 1.82) is 0 Å². The number of ether oxygens (including phenoxy) is 1. The van der Waals surface area contributed by atoms with Gasteiger partial charge < -0.3 is 15.0 Å². The number of aryl methyl sites for hydroxylation is 1. The second kappa shape index (κ2) is 6.56. The summed E-state index contributed by atoms with van der Waals surface area (Å²) in [5, 5.41) is 10.6. The van der Waals surface area contributed by atoms with Crippen LogP contribution in [-0.4, -0.2) is 38.2 Å². The molecular formula is C19H18N6O2. The molecule has 8 nitrogen and oxygen atoms in total. The van der Waals surface area contributed by atoms with Crippen molar-refractivity contribution in [3.63, 3.8) is 0 Å². The molecule has 4 aromatic rings. The maximum atomic E-state index is 12.4. The zero-order chi connectivity index (χ0) is 19.0. The third-order valence-electron chi connectivity index (χ3n) is 4.49. The molecule has 0 aliphatic heterocycles. The van der Waals surface area contributed by atoms with Crippen molar-refractivity contribution in [1.82, 2.24) is 25.1 Å². The summed E-state index contributed by atoms with van der Waals surface area (Å²) in [5.41, 5.74) is 5.05. The molecule has 0 radical (unpaired) electrons. The van der Waals surface area contributed by atoms with Gasteiger partial charge >= 0.3 is 0 Å². The Morgan fingerprint density at radius 2 is 2.07 bits per heavy atom. The van der Waals surface area contributed by atoms with Crippen molar-refractivity contribution >= 4 is 22.6 Å². The first-order valence-corrected chi connectivity index (χ1v) is 8.37. The molecule has 1 amide bonds. The summed E-state index contributed by atoms with van der Waals surface area (Å²) < 4.78 is 5.39. The fourth-order valence-corrected chi connectivity index (χ4v) is 2.89. The Hall–Kier alpha value is -3.68. The quantitative estimate of drug-likeness (QED) is 0.516. The Labute approximate surface area is 155 Å². The smallest absolute Gasteiger partial charge is 0.276 e. The number of pyridine rings is 2. The highest BCUT2D eigenvalue weighted by Gasteiger charge is 2.15. The van der Waals surface area contributed by atoms with E-state index in [1.807, 2.05) is 26.0 Å². The van der Waals surface area contributed by atoms with Crippen molar-refractivity contribution in [3.8, 4) is 17.0 Å². The number of aromatic nitrogens is 5. The van der Waals surface area contributed by atoms with E-state index in [-0.39, 0.29) is 5.91 Å². The predicted octanol–water partition coefficient (Wildman–Crippen LogP) is 3.23. The van der Waals surface area contributed by atoms with Crippen molar-refractivity contribution in [2.45, 2.75) is 13.8 Å². The largest absolute Gasteiger partial charge is 0.496 e. The number of carbonyl (C=O) groups is 1. The first-order valence-electron chi connectivity index (χ1n) is 8.37. The monoisotopic (exact) mass is 362 g/mol. The van der Waals surface area contributed by atoms with E-state index in [1.165, 1.54) is 0 Å². The van der Waals surface area contributed by atoms with Gasteiger partial charge in [-0.15, -0.1) is 0 Å². The van der Waals surface area contributed by atoms with E-state index in [2.05, 4.69) is 30.5 Å². The van der Waals surface area contributed by atoms with Crippen LogP contribution in [0, 0.1) is 13.8 Å². The zero-order valence-electron chi connectivity index (χ0n) is 15.1. The van der Waals surface area contributed by atoms with Gasteiger partial charge in [-0.05, 0) is 32.0 Å². The van der Waals surface area contributed by atoms with Crippen LogP contribution in [0.4, 0.5) is 5.69 Å². The van der Waals surface area contributed by atoms with Crippen LogP contribution in [0.1, 0.15) is 21.7 Å². The molecule has 0 aromatic carbocycles. The lowest BCUT2D eigenvalue weighted by molar-refractivity contribution is 0.102. The standard InChI is InChI=1S/C19H18N6O2/c1-10-11(2)24-25-17(10)19(26)22-13-6-12-7-15(23-18(12)21-8-13)14-9-20-5-4-16(14)27-3/h4-9H,1-3H3,(H,21,23)(H,22,26)(H,24,25). The van der Waals surface area contributed by atoms with Gasteiger partial charge in [-0.25, -0.2) is 4.98 Å². The number of amides is 1. The Morgan fingerprint density at radius 1 is 1.22 bits per heavy atom. The summed E-state index contributed by atoms with van der Waals surface area (Å²) in [6, 6.07) is 5.60. The molecule has 0 bridgehead atoms. The van der Waals surface area contributed by atoms with Crippen LogP contribution in [-0.2, 0) is 0 Å². The third-order valence-corrected chi connectivity index (χ3v) is 4.49. The third kappa shape index (κ3) is 3.01. The average Bonchev–Trinajstić information content (AvgIpc) is 3.25. The molecule has 0 aliphatic carbocycles. The molecule has 4 aromatic heterocycles. The number of hydrogen-bond donors (Lipinski definition) is 3. The fraction of sp³-hybridized carbons (Fsp3) is 0.158. The molecule has 0 saturated heterocycles. The number of nitrogens with zero attached hydrogens (tertiary/aromatic N) is 3. The van der Waals surface area contributed by atoms with Gasteiger partial charge in [0.25, 0.3) is 5.91 Å². The molecule has 136 valence electrons. The van der Waals surface area contributed by atoms with Gasteiger partial charge in [0, 0.05) is 29.0 Å². The zero-order valence-corrected chi connectivity index (χ0v) is 15.1. The predicted molar refractivity (Wildman–Crippen MR) is 102 cm³/mol. The molecule has 0 spiro atoms. The fourth-order valence-electron chi connectivity index (χ4n) is 2.89. The molecule has 0 aliphatic rings. The normalized spacial score (nSPS) is 10.9. The van der Waals surface area contributed by atoms with Crippen molar-refractivity contribution in [2.75, 3.05) is 12.4 Å². The molecular weight excluding hydrogens is 344 g/mol. The SMILES string of the molecule is COc1ccncc1-c1cc2cc(NC(=O)c3n[nH]c(C)c3C)cnc2[nH]1. The van der Waals surface area contributed by atoms with Gasteiger partial charge in [-0.3, -0.25) is 14.9 Å². The summed E-state index contributed by atoms with van der Waals surface area (Å²) >= 11 is 0. The summed E-state index contributed by atoms with van der Waals surface area (Å²) in [7, 11) is 1.62. The number of hydrogen-bond acceptors (Lipinski definition) is 5. The number of anilines is 1. The molecule has 27 heavy (non-hydrogen) atoms. The van der Waals surface area contributed by atoms with E-state index < -0.39 is 0 Å². The van der Waals surface area contributed by atoms with E-state index >= 15 is 0 Å². The summed E-state index contributed by atoms with van der Waals surface area (Å²) in [5.74, 6) is 0.442. The Balaban J connectivity index is 1.65. The van der Waals surface area contributed by atoms with E-state index in [4.69, 9.17) is 4.74 Å². The highest BCUT2D eigenvalue weighted by molar-refractivity contribution is 6.04. The summed E-state index contributed by atoms with van der Waals surface area (Å²) in [6.07, 6.45) is 5.01. The number of methoxy groups -OCH3 is 1. The maximum Gasteiger partial charge on any atom is 0.276 e. The lowest BCUT2D eigenvalue weighted by Crippen LogP contribution is -2.13. The minimum absolute atomic E-state index is 0.275. The van der Waals surface area contributed by atoms with Gasteiger partial charge in [-0.2, -0.15) is 5.10 Å². The van der Waals surface area contributed by atoms with Crippen LogP contribution in [0.15, 0.2) is 36.8 Å². The lowest BCUT2D eigenvalue weighted by Gasteiger charge is -2.04. The number of fused-ring (bicyclic) bond motifs is 1. The van der Waals surface area contributed by atoms with E-state index in [1.54, 1.807) is 31.8 Å². The van der Waals surface area contributed by atoms with Crippen LogP contribution in [0.5, 0.6) is 5.75 Å². The molecule has 0 atom stereocenters. The van der Waals surface area contributed by atoms with Crippen LogP contribution in [0.3, 0.4) is 0 Å². The van der Waals surface area contributed by atoms with Crippen molar-refractivity contribution in [3.05, 3.63) is 53.7 Å². The Morgan fingerprint density at radius 3 is 2.81 bits per heavy atom. The maximum absolute atomic E-state index is 12.4. The summed E-state index contributed by atoms with van der Waals surface area (Å²) in [4.78, 5) is 24.2. The van der Waals surface area contributed by atoms with Gasteiger partial charge in [0.1, 0.15) is 11.4 Å². The molecule has 4 rings (SSSR count). The number of carbonyl (C=O) groups excluding carboxylic acids is 1. The molecule has 0 unspecified atom stereocenters. The first kappa shape index (κ1) is 16.8. The minimum atomic E-state index is -0.275. The van der Waals surface area contributed by atoms with Crippen molar-refractivity contribution < 1.29 is 9.53 Å². The van der Waals surface area contributed by atoms with Crippen LogP contribution >= 0.6 is 0 Å². The molecule has 8 heteroatoms. The lowest BCUT2D eigenvalue weighted by atomic mass is 10.2. The van der Waals surface area contributed by atoms with Gasteiger partial charge in [0.2, 0.25) is 0 Å². The number of aromatic amines is 2. The van der Waals surface area contributed by atoms with Crippen molar-refractivity contribution in [2.24, 2.45) is 0 Å². The topological polar surface area (TPSA) is 109 Å². The highest BCUT2D eigenvalue weighted by Crippen LogP contribution is 2.30. The van der Waals surface area contributed by atoms with Crippen LogP contribution < -0.4 is 10.1 Å². The van der Waals surface area contributed by atoms with Gasteiger partial charge in [0.15, 0.2) is 5.69 Å². The number of nitrogens with one attached hydrogen (secondary N) is 3. The Bertz CT molecular complexity index is 1140. The number of H-pyrrole nitrogens is 2. The van der Waals surface area contributed by atoms with Gasteiger partial charge in [-0.1, -0.05) is 0 Å². The molecule has 3 N–H and O–H groups in total. The molecule has 0 fully saturated rings. The molecule has 4 heterocycles. The van der Waals surface area contributed by atoms with E-state index in [0.29, 0.717) is 17.0 Å². The summed E-state index contributed by atoms with van der Waals surface area (Å²) in [6.45, 7) is 3.73. The second-order valence-electron chi connectivity index (χ2n) is 6.20. The first-order chi connectivity index (χ1) is 13.1. The van der Waals surface area contributed by atoms with E-state index in [0.717, 1.165) is 33.7 Å². The minimum Gasteiger partial charge on any atom is -0.496 e. The van der Waals surface area contributed by atoms with Crippen LogP contribution in [0.2, 0.25) is 0 Å². The second-order valence-corrected chi connectivity index (χ2v) is 6.20.